The van der Waals surface area contributed by atoms with Crippen LogP contribution in [-0.2, 0) is 14.8 Å². The van der Waals surface area contributed by atoms with E-state index in [0.29, 0.717) is 29.2 Å². The molecular weight excluding hydrogens is 526 g/mol. The minimum absolute atomic E-state index is 0.0484. The Morgan fingerprint density at radius 3 is 2.36 bits per heavy atom. The summed E-state index contributed by atoms with van der Waals surface area (Å²) >= 11 is 0. The van der Waals surface area contributed by atoms with E-state index in [-0.39, 0.29) is 61.8 Å². The zero-order valence-corrected chi connectivity index (χ0v) is 23.9. The highest BCUT2D eigenvalue weighted by molar-refractivity contribution is 7.92. The van der Waals surface area contributed by atoms with E-state index in [2.05, 4.69) is 15.4 Å². The summed E-state index contributed by atoms with van der Waals surface area (Å²) in [6.07, 6.45) is 2.04. The summed E-state index contributed by atoms with van der Waals surface area (Å²) in [4.78, 5) is 14.9. The molecular formula is C28H40F2N4O4S. The molecule has 8 nitrogen and oxygen atoms in total. The molecule has 0 spiro atoms. The number of piperidine rings is 1. The van der Waals surface area contributed by atoms with Gasteiger partial charge < -0.3 is 9.84 Å². The molecule has 1 aromatic carbocycles. The van der Waals surface area contributed by atoms with Gasteiger partial charge in [0.1, 0.15) is 11.4 Å². The van der Waals surface area contributed by atoms with Gasteiger partial charge in [0.2, 0.25) is 21.9 Å². The predicted molar refractivity (Wildman–Crippen MR) is 147 cm³/mol. The van der Waals surface area contributed by atoms with E-state index < -0.39 is 15.9 Å². The Hall–Kier alpha value is -2.53. The van der Waals surface area contributed by atoms with Crippen LogP contribution in [0.1, 0.15) is 63.3 Å². The zero-order chi connectivity index (χ0) is 28.2. The van der Waals surface area contributed by atoms with Gasteiger partial charge in [0.25, 0.3) is 0 Å². The Labute approximate surface area is 230 Å². The number of nitrogens with one attached hydrogen (secondary N) is 1. The fraction of sp³-hybridized carbons (Fsp3) is 0.643. The molecule has 1 saturated heterocycles. The van der Waals surface area contributed by atoms with Crippen LogP contribution in [0.5, 0.6) is 0 Å². The fourth-order valence-corrected chi connectivity index (χ4v) is 7.69. The second kappa shape index (κ2) is 12.3. The van der Waals surface area contributed by atoms with Crippen molar-refractivity contribution < 1.29 is 26.5 Å². The van der Waals surface area contributed by atoms with Crippen LogP contribution in [0.2, 0.25) is 0 Å². The number of nitrogens with zero attached hydrogens (tertiary/aromatic N) is 3. The standard InChI is InChI=1S/C28H40F2N4O4S/c1-20(33-15-11-23(12-16-33)17-26(35)31-27-21(2)32-38-22(27)3)18-34(25-7-5-4-6-8-25)39(36,37)19-24-9-13-28(29,30)14-10-24/h4-8,20,23-24H,9-19H2,1-3H3,(H,31,35)/t20-/m1/s1. The molecule has 1 amide bonds. The number of amides is 1. The van der Waals surface area contributed by atoms with Gasteiger partial charge in [-0.25, -0.2) is 17.2 Å². The molecule has 0 bridgehead atoms. The molecule has 216 valence electrons. The molecule has 2 aromatic rings. The number of aromatic nitrogens is 1. The monoisotopic (exact) mass is 566 g/mol. The third-order valence-electron chi connectivity index (χ3n) is 8.14. The number of rotatable bonds is 10. The number of aryl methyl sites for hydroxylation is 2. The van der Waals surface area contributed by atoms with Crippen molar-refractivity contribution in [3.63, 3.8) is 0 Å². The summed E-state index contributed by atoms with van der Waals surface area (Å²) in [7, 11) is -3.71. The fourth-order valence-electron chi connectivity index (χ4n) is 5.70. The highest BCUT2D eigenvalue weighted by atomic mass is 32.2. The minimum atomic E-state index is -3.71. The molecule has 0 unspecified atom stereocenters. The first-order chi connectivity index (χ1) is 18.4. The molecule has 4 rings (SSSR count). The lowest BCUT2D eigenvalue weighted by Gasteiger charge is -2.38. The average Bonchev–Trinajstić information content (AvgIpc) is 3.21. The van der Waals surface area contributed by atoms with E-state index in [1.165, 1.54) is 4.31 Å². The maximum Gasteiger partial charge on any atom is 0.248 e. The number of hydrogen-bond donors (Lipinski definition) is 1. The van der Waals surface area contributed by atoms with Gasteiger partial charge in [0, 0.05) is 31.8 Å². The molecule has 2 aliphatic rings. The van der Waals surface area contributed by atoms with Crippen LogP contribution in [0.3, 0.4) is 0 Å². The molecule has 1 N–H and O–H groups in total. The van der Waals surface area contributed by atoms with Crippen LogP contribution in [-0.4, -0.2) is 61.7 Å². The maximum absolute atomic E-state index is 13.6. The largest absolute Gasteiger partial charge is 0.359 e. The van der Waals surface area contributed by atoms with Crippen molar-refractivity contribution in [1.29, 1.82) is 0 Å². The smallest absolute Gasteiger partial charge is 0.248 e. The average molecular weight is 567 g/mol. The van der Waals surface area contributed by atoms with E-state index in [1.54, 1.807) is 26.0 Å². The number of benzene rings is 1. The number of para-hydroxylation sites is 1. The number of halogens is 2. The van der Waals surface area contributed by atoms with Gasteiger partial charge in [-0.1, -0.05) is 23.4 Å². The lowest BCUT2D eigenvalue weighted by molar-refractivity contribution is -0.117. The third kappa shape index (κ3) is 7.78. The van der Waals surface area contributed by atoms with Gasteiger partial charge in [0.05, 0.1) is 11.4 Å². The van der Waals surface area contributed by atoms with Gasteiger partial charge in [-0.2, -0.15) is 0 Å². The number of sulfonamides is 1. The van der Waals surface area contributed by atoms with E-state index in [1.807, 2.05) is 25.1 Å². The van der Waals surface area contributed by atoms with Gasteiger partial charge in [-0.15, -0.1) is 0 Å². The molecule has 1 atom stereocenters. The summed E-state index contributed by atoms with van der Waals surface area (Å²) in [6, 6.07) is 8.97. The molecule has 1 aliphatic heterocycles. The first-order valence-electron chi connectivity index (χ1n) is 13.8. The molecule has 2 fully saturated rings. The first kappa shape index (κ1) is 29.5. The van der Waals surface area contributed by atoms with Crippen molar-refractivity contribution in [1.82, 2.24) is 10.1 Å². The highest BCUT2D eigenvalue weighted by Crippen LogP contribution is 2.37. The SMILES string of the molecule is Cc1noc(C)c1NC(=O)CC1CCN([C@H](C)CN(c2ccccc2)S(=O)(=O)CC2CCC(F)(F)CC2)CC1. The highest BCUT2D eigenvalue weighted by Gasteiger charge is 2.38. The summed E-state index contributed by atoms with van der Waals surface area (Å²) in [5, 5.41) is 6.79. The van der Waals surface area contributed by atoms with Crippen LogP contribution >= 0.6 is 0 Å². The van der Waals surface area contributed by atoms with Gasteiger partial charge in [-0.3, -0.25) is 14.0 Å². The van der Waals surface area contributed by atoms with Crippen LogP contribution in [0.15, 0.2) is 34.9 Å². The lowest BCUT2D eigenvalue weighted by atomic mass is 9.88. The summed E-state index contributed by atoms with van der Waals surface area (Å²) < 4.78 is 61.0. The zero-order valence-electron chi connectivity index (χ0n) is 23.0. The Bertz CT molecular complexity index is 1180. The second-order valence-electron chi connectivity index (χ2n) is 11.2. The summed E-state index contributed by atoms with van der Waals surface area (Å²) in [5.41, 5.74) is 1.88. The number of likely N-dealkylation sites (tertiary alicyclic amines) is 1. The normalized spacial score (nSPS) is 20.0. The lowest BCUT2D eigenvalue weighted by Crippen LogP contribution is -2.48. The molecule has 39 heavy (non-hydrogen) atoms. The molecule has 2 heterocycles. The van der Waals surface area contributed by atoms with Crippen molar-refractivity contribution >= 4 is 27.3 Å². The summed E-state index contributed by atoms with van der Waals surface area (Å²) in [6.45, 7) is 7.40. The van der Waals surface area contributed by atoms with Gasteiger partial charge >= 0.3 is 0 Å². The number of anilines is 2. The van der Waals surface area contributed by atoms with Crippen LogP contribution in [0.25, 0.3) is 0 Å². The second-order valence-corrected chi connectivity index (χ2v) is 13.2. The third-order valence-corrected chi connectivity index (χ3v) is 10.1. The van der Waals surface area contributed by atoms with Crippen LogP contribution < -0.4 is 9.62 Å². The quantitative estimate of drug-likeness (QED) is 0.415. The van der Waals surface area contributed by atoms with Crippen molar-refractivity contribution in [3.8, 4) is 0 Å². The molecule has 1 aromatic heterocycles. The van der Waals surface area contributed by atoms with Crippen molar-refractivity contribution in [2.75, 3.05) is 35.0 Å². The minimum Gasteiger partial charge on any atom is -0.359 e. The molecule has 11 heteroatoms. The van der Waals surface area contributed by atoms with Crippen molar-refractivity contribution in [2.45, 2.75) is 77.7 Å². The van der Waals surface area contributed by atoms with Crippen molar-refractivity contribution in [2.24, 2.45) is 11.8 Å². The molecule has 1 saturated carbocycles. The number of carbonyl (C=O) groups excluding carboxylic acids is 1. The number of carbonyl (C=O) groups is 1. The van der Waals surface area contributed by atoms with E-state index in [4.69, 9.17) is 4.52 Å². The van der Waals surface area contributed by atoms with Gasteiger partial charge in [0.15, 0.2) is 5.76 Å². The molecule has 0 radical (unpaired) electrons. The molecule has 1 aliphatic carbocycles. The topological polar surface area (TPSA) is 95.8 Å². The Morgan fingerprint density at radius 1 is 1.13 bits per heavy atom. The van der Waals surface area contributed by atoms with Crippen molar-refractivity contribution in [3.05, 3.63) is 41.8 Å². The summed E-state index contributed by atoms with van der Waals surface area (Å²) in [5.74, 6) is -2.29. The van der Waals surface area contributed by atoms with Crippen LogP contribution in [0, 0.1) is 25.7 Å². The van der Waals surface area contributed by atoms with E-state index in [9.17, 15) is 22.0 Å². The first-order valence-corrected chi connectivity index (χ1v) is 15.4. The van der Waals surface area contributed by atoms with Crippen LogP contribution in [0.4, 0.5) is 20.2 Å². The number of alkyl halides is 2. The Kier molecular flexibility index (Phi) is 9.31. The van der Waals surface area contributed by atoms with Gasteiger partial charge in [-0.05, 0) is 83.5 Å². The van der Waals surface area contributed by atoms with E-state index in [0.717, 1.165) is 25.9 Å². The Morgan fingerprint density at radius 2 is 1.77 bits per heavy atom. The predicted octanol–water partition coefficient (Wildman–Crippen LogP) is 5.38. The number of hydrogen-bond acceptors (Lipinski definition) is 6. The maximum atomic E-state index is 13.6. The van der Waals surface area contributed by atoms with E-state index >= 15 is 0 Å². The Balaban J connectivity index is 1.34.